The first-order valence-electron chi connectivity index (χ1n) is 6.55. The van der Waals surface area contributed by atoms with Crippen molar-refractivity contribution in [2.45, 2.75) is 6.54 Å². The van der Waals surface area contributed by atoms with Gasteiger partial charge in [0.25, 0.3) is 5.69 Å². The third-order valence-corrected chi connectivity index (χ3v) is 3.99. The fraction of sp³-hybridized carbons (Fsp3) is 0.0625. The second kappa shape index (κ2) is 5.73. The zero-order valence-electron chi connectivity index (χ0n) is 11.4. The van der Waals surface area contributed by atoms with E-state index in [-0.39, 0.29) is 5.69 Å². The molecule has 0 aliphatic rings. The van der Waals surface area contributed by atoms with Crippen molar-refractivity contribution in [3.63, 3.8) is 0 Å². The van der Waals surface area contributed by atoms with Gasteiger partial charge in [-0.3, -0.25) is 14.9 Å². The lowest BCUT2D eigenvalue weighted by atomic mass is 10.2. The number of carbonyl (C=O) groups is 1. The number of carbonyl (C=O) groups excluding carboxylic acids is 1. The molecule has 3 rings (SSSR count). The molecule has 0 aliphatic heterocycles. The van der Waals surface area contributed by atoms with Crippen LogP contribution in [-0.4, -0.2) is 15.8 Å². The molecule has 22 heavy (non-hydrogen) atoms. The molecule has 0 amide bonds. The number of rotatable bonds is 4. The van der Waals surface area contributed by atoms with Gasteiger partial charge in [-0.25, -0.2) is 0 Å². The number of hydrogen-bond acceptors (Lipinski definition) is 3. The molecule has 1 aromatic heterocycles. The van der Waals surface area contributed by atoms with Crippen molar-refractivity contribution in [2.75, 3.05) is 0 Å². The molecule has 0 fully saturated rings. The predicted molar refractivity (Wildman–Crippen MR) is 87.2 cm³/mol. The average molecular weight is 359 g/mol. The molecule has 0 spiro atoms. The van der Waals surface area contributed by atoms with Crippen LogP contribution in [0.2, 0.25) is 0 Å². The summed E-state index contributed by atoms with van der Waals surface area (Å²) in [6, 6.07) is 12.2. The van der Waals surface area contributed by atoms with Crippen molar-refractivity contribution in [1.29, 1.82) is 0 Å². The summed E-state index contributed by atoms with van der Waals surface area (Å²) < 4.78 is 2.88. The van der Waals surface area contributed by atoms with Crippen molar-refractivity contribution in [2.24, 2.45) is 0 Å². The minimum Gasteiger partial charge on any atom is -0.342 e. The summed E-state index contributed by atoms with van der Waals surface area (Å²) in [6.07, 6.45) is 2.63. The monoisotopic (exact) mass is 358 g/mol. The number of non-ortho nitro benzene ring substituents is 1. The van der Waals surface area contributed by atoms with Crippen molar-refractivity contribution in [3.8, 4) is 0 Å². The maximum absolute atomic E-state index is 11.2. The largest absolute Gasteiger partial charge is 0.342 e. The second-order valence-electron chi connectivity index (χ2n) is 4.92. The first-order chi connectivity index (χ1) is 10.6. The highest BCUT2D eigenvalue weighted by Crippen LogP contribution is 2.25. The lowest BCUT2D eigenvalue weighted by Gasteiger charge is -2.05. The van der Waals surface area contributed by atoms with Gasteiger partial charge in [0, 0.05) is 45.8 Å². The molecule has 110 valence electrons. The van der Waals surface area contributed by atoms with Gasteiger partial charge in [-0.05, 0) is 23.8 Å². The molecular formula is C16H11BrN2O3. The molecule has 1 heterocycles. The topological polar surface area (TPSA) is 65.1 Å². The van der Waals surface area contributed by atoms with E-state index in [1.54, 1.807) is 18.3 Å². The van der Waals surface area contributed by atoms with Crippen LogP contribution in [0.3, 0.4) is 0 Å². The van der Waals surface area contributed by atoms with E-state index in [4.69, 9.17) is 0 Å². The van der Waals surface area contributed by atoms with Gasteiger partial charge in [0.05, 0.1) is 4.92 Å². The van der Waals surface area contributed by atoms with E-state index in [1.807, 2.05) is 22.8 Å². The van der Waals surface area contributed by atoms with Crippen LogP contribution >= 0.6 is 15.9 Å². The third-order valence-electron chi connectivity index (χ3n) is 3.50. The smallest absolute Gasteiger partial charge is 0.269 e. The summed E-state index contributed by atoms with van der Waals surface area (Å²) in [7, 11) is 0. The molecule has 0 saturated heterocycles. The molecule has 3 aromatic rings. The number of fused-ring (bicyclic) bond motifs is 1. The normalized spacial score (nSPS) is 10.8. The predicted octanol–water partition coefficient (Wildman–Crippen LogP) is 4.17. The van der Waals surface area contributed by atoms with Gasteiger partial charge in [0.1, 0.15) is 0 Å². The fourth-order valence-electron chi connectivity index (χ4n) is 2.44. The maximum atomic E-state index is 11.2. The summed E-state index contributed by atoms with van der Waals surface area (Å²) in [4.78, 5) is 21.5. The molecule has 2 aromatic carbocycles. The molecule has 0 unspecified atom stereocenters. The van der Waals surface area contributed by atoms with E-state index in [0.29, 0.717) is 12.1 Å². The zero-order chi connectivity index (χ0) is 15.7. The third kappa shape index (κ3) is 2.65. The number of nitro groups is 1. The molecule has 6 heteroatoms. The van der Waals surface area contributed by atoms with Crippen LogP contribution in [-0.2, 0) is 6.54 Å². The molecule has 0 radical (unpaired) electrons. The van der Waals surface area contributed by atoms with Crippen LogP contribution in [0.1, 0.15) is 15.9 Å². The number of benzene rings is 2. The van der Waals surface area contributed by atoms with Crippen molar-refractivity contribution >= 4 is 38.8 Å². The van der Waals surface area contributed by atoms with E-state index in [2.05, 4.69) is 15.9 Å². The van der Waals surface area contributed by atoms with Crippen molar-refractivity contribution in [3.05, 3.63) is 74.4 Å². The van der Waals surface area contributed by atoms with Gasteiger partial charge in [-0.2, -0.15) is 0 Å². The summed E-state index contributed by atoms with van der Waals surface area (Å²) in [6.45, 7) is 0.546. The zero-order valence-corrected chi connectivity index (χ0v) is 13.0. The Morgan fingerprint density at radius 3 is 2.55 bits per heavy atom. The summed E-state index contributed by atoms with van der Waals surface area (Å²) in [5.74, 6) is 0. The van der Waals surface area contributed by atoms with Gasteiger partial charge in [-0.1, -0.05) is 28.1 Å². The average Bonchev–Trinajstić information content (AvgIpc) is 2.85. The Morgan fingerprint density at radius 2 is 1.91 bits per heavy atom. The highest BCUT2D eigenvalue weighted by atomic mass is 79.9. The van der Waals surface area contributed by atoms with Gasteiger partial charge >= 0.3 is 0 Å². The standard InChI is InChI=1S/C16H11BrN2O3/c17-13-3-6-16-15(7-13)12(10-20)9-18(16)8-11-1-4-14(5-2-11)19(21)22/h1-7,9-10H,8H2. The van der Waals surface area contributed by atoms with E-state index in [1.165, 1.54) is 12.1 Å². The number of nitro benzene ring substituents is 1. The Balaban J connectivity index is 2.00. The Kier molecular flexibility index (Phi) is 3.77. The maximum Gasteiger partial charge on any atom is 0.269 e. The molecule has 5 nitrogen and oxygen atoms in total. The Bertz CT molecular complexity index is 869. The molecule has 0 N–H and O–H groups in total. The number of hydrogen-bond donors (Lipinski definition) is 0. The van der Waals surface area contributed by atoms with E-state index < -0.39 is 4.92 Å². The highest BCUT2D eigenvalue weighted by molar-refractivity contribution is 9.10. The van der Waals surface area contributed by atoms with Gasteiger partial charge in [0.2, 0.25) is 0 Å². The van der Waals surface area contributed by atoms with Crippen LogP contribution in [0.5, 0.6) is 0 Å². The van der Waals surface area contributed by atoms with Crippen molar-refractivity contribution < 1.29 is 9.72 Å². The number of nitrogens with zero attached hydrogens (tertiary/aromatic N) is 2. The van der Waals surface area contributed by atoms with Gasteiger partial charge in [-0.15, -0.1) is 0 Å². The minimum absolute atomic E-state index is 0.0682. The number of aromatic nitrogens is 1. The fourth-order valence-corrected chi connectivity index (χ4v) is 2.80. The summed E-state index contributed by atoms with van der Waals surface area (Å²) in [5.41, 5.74) is 2.57. The van der Waals surface area contributed by atoms with E-state index in [0.717, 1.165) is 27.2 Å². The van der Waals surface area contributed by atoms with Crippen molar-refractivity contribution in [1.82, 2.24) is 4.57 Å². The minimum atomic E-state index is -0.420. The quantitative estimate of drug-likeness (QED) is 0.399. The number of aldehydes is 1. The Morgan fingerprint density at radius 1 is 1.18 bits per heavy atom. The lowest BCUT2D eigenvalue weighted by Crippen LogP contribution is -1.98. The first-order valence-corrected chi connectivity index (χ1v) is 7.34. The Labute approximate surface area is 134 Å². The van der Waals surface area contributed by atoms with E-state index >= 15 is 0 Å². The second-order valence-corrected chi connectivity index (χ2v) is 5.83. The summed E-state index contributed by atoms with van der Waals surface area (Å²) >= 11 is 3.40. The lowest BCUT2D eigenvalue weighted by molar-refractivity contribution is -0.384. The molecule has 0 saturated carbocycles. The molecule has 0 bridgehead atoms. The Hall–Kier alpha value is -2.47. The van der Waals surface area contributed by atoms with Crippen LogP contribution in [0, 0.1) is 10.1 Å². The first kappa shape index (κ1) is 14.5. The van der Waals surface area contributed by atoms with E-state index in [9.17, 15) is 14.9 Å². The SMILES string of the molecule is O=Cc1cn(Cc2ccc([N+](=O)[O-])cc2)c2ccc(Br)cc12. The van der Waals surface area contributed by atoms with Gasteiger partial charge < -0.3 is 4.57 Å². The summed E-state index contributed by atoms with van der Waals surface area (Å²) in [5, 5.41) is 11.6. The van der Waals surface area contributed by atoms with Gasteiger partial charge in [0.15, 0.2) is 6.29 Å². The molecule has 0 aliphatic carbocycles. The van der Waals surface area contributed by atoms with Crippen LogP contribution < -0.4 is 0 Å². The molecular weight excluding hydrogens is 348 g/mol. The highest BCUT2D eigenvalue weighted by Gasteiger charge is 2.10. The van der Waals surface area contributed by atoms with Crippen LogP contribution in [0.15, 0.2) is 53.1 Å². The van der Waals surface area contributed by atoms with Crippen LogP contribution in [0.25, 0.3) is 10.9 Å². The number of halogens is 1. The van der Waals surface area contributed by atoms with Crippen LogP contribution in [0.4, 0.5) is 5.69 Å². The molecule has 0 atom stereocenters.